The number of hydrogen-bond acceptors (Lipinski definition) is 13. The number of ether oxygens (including phenoxy) is 6. The fraction of sp³-hybridized carbons (Fsp3) is 0.434. The summed E-state index contributed by atoms with van der Waals surface area (Å²) in [6.07, 6.45) is 3.02. The quantitative estimate of drug-likeness (QED) is 0.0329. The molecule has 0 radical (unpaired) electrons. The smallest absolute Gasteiger partial charge is 0.149 e. The minimum absolute atomic E-state index is 0.0248. The van der Waals surface area contributed by atoms with Crippen LogP contribution >= 0.6 is 0 Å². The molecule has 66 heavy (non-hydrogen) atoms. The van der Waals surface area contributed by atoms with E-state index >= 15 is 0 Å². The van der Waals surface area contributed by atoms with E-state index in [1.165, 1.54) is 0 Å². The summed E-state index contributed by atoms with van der Waals surface area (Å²) in [7, 11) is 1.66. The number of aliphatic hydroxyl groups is 3. The third kappa shape index (κ3) is 9.58. The second-order valence-corrected chi connectivity index (χ2v) is 17.8. The summed E-state index contributed by atoms with van der Waals surface area (Å²) in [4.78, 5) is 0. The lowest BCUT2D eigenvalue weighted by Crippen LogP contribution is -2.49. The van der Waals surface area contributed by atoms with Crippen LogP contribution in [-0.4, -0.2) is 95.3 Å². The number of aromatic hydroxyl groups is 3. The third-order valence-electron chi connectivity index (χ3n) is 13.6. The molecule has 9 rings (SSSR count). The number of nitrogens with one attached hydrogen (secondary N) is 1. The Morgan fingerprint density at radius 3 is 2.41 bits per heavy atom. The van der Waals surface area contributed by atoms with Gasteiger partial charge in [-0.1, -0.05) is 30.0 Å². The number of methoxy groups -OCH3 is 1. The highest BCUT2D eigenvalue weighted by Gasteiger charge is 2.50. The van der Waals surface area contributed by atoms with E-state index in [9.17, 15) is 30.6 Å². The van der Waals surface area contributed by atoms with E-state index in [-0.39, 0.29) is 56.3 Å². The van der Waals surface area contributed by atoms with E-state index in [0.717, 1.165) is 47.9 Å². The molecule has 13 nitrogen and oxygen atoms in total. The van der Waals surface area contributed by atoms with Gasteiger partial charge in [0.2, 0.25) is 0 Å². The van der Waals surface area contributed by atoms with Gasteiger partial charge in [-0.05, 0) is 122 Å². The van der Waals surface area contributed by atoms with Crippen molar-refractivity contribution in [2.75, 3.05) is 40.3 Å². The maximum atomic E-state index is 13.0. The SMILES string of the molecule is COCCC[C@H]1Oc2c3cc(c4cc(O)ccc24)OCC#CC[C@H](NCO)[C@H](CCO)O[C@@H]3[C@@H]1[C@H]1COc2c(Cc3cc(O)ccc3-c3cccc(O)c3)cc(OC3CCCC3)cc2[C@H]1O. The van der Waals surface area contributed by atoms with Gasteiger partial charge in [-0.15, -0.1) is 0 Å². The van der Waals surface area contributed by atoms with Crippen LogP contribution < -0.4 is 24.3 Å². The van der Waals surface area contributed by atoms with E-state index in [1.807, 2.05) is 30.3 Å². The summed E-state index contributed by atoms with van der Waals surface area (Å²) in [5, 5.41) is 70.0. The summed E-state index contributed by atoms with van der Waals surface area (Å²) < 4.78 is 39.9. The van der Waals surface area contributed by atoms with Gasteiger partial charge in [-0.3, -0.25) is 5.32 Å². The molecule has 0 saturated heterocycles. The maximum Gasteiger partial charge on any atom is 0.149 e. The molecule has 3 aliphatic heterocycles. The Morgan fingerprint density at radius 1 is 0.788 bits per heavy atom. The number of rotatable bonds is 14. The van der Waals surface area contributed by atoms with E-state index in [2.05, 4.69) is 17.2 Å². The minimum atomic E-state index is -1.10. The molecule has 5 aromatic carbocycles. The zero-order valence-electron chi connectivity index (χ0n) is 37.2. The van der Waals surface area contributed by atoms with Crippen LogP contribution in [0, 0.1) is 23.7 Å². The van der Waals surface area contributed by atoms with Crippen molar-refractivity contribution < 1.29 is 59.1 Å². The average molecular weight is 902 g/mol. The van der Waals surface area contributed by atoms with Gasteiger partial charge in [0.15, 0.2) is 0 Å². The van der Waals surface area contributed by atoms with Crippen LogP contribution in [0.25, 0.3) is 21.9 Å². The first-order chi connectivity index (χ1) is 32.2. The standard InChI is InChI=1S/C53H59NO12/c1-61-20-7-13-47-49(53-43-28-48(41-26-36(59)15-17-40(41)52(43)66-47)62-21-5-4-12-45(54-30-56)46(65-53)18-19-55)44-29-63-51-33(25-38(27-42(51)50(44)60)64-37-10-2-3-11-37)22-32-24-35(58)14-16-39(32)31-8-6-9-34(57)23-31/h6,8-9,14-17,23-28,37,44-47,49-50,53-60H,2-3,7,10-13,18-22,29-30H2,1H3/t44-,45+,46+,47-,49-,50-,53+/m1/s1. The van der Waals surface area contributed by atoms with E-state index in [0.29, 0.717) is 77.2 Å². The Hall–Kier alpha value is -5.72. The molecule has 348 valence electrons. The van der Waals surface area contributed by atoms with Crippen LogP contribution in [-0.2, 0) is 15.9 Å². The van der Waals surface area contributed by atoms with Crippen molar-refractivity contribution in [2.45, 2.75) is 94.3 Å². The third-order valence-corrected chi connectivity index (χ3v) is 13.6. The molecular weight excluding hydrogens is 843 g/mol. The van der Waals surface area contributed by atoms with Crippen LogP contribution in [0.4, 0.5) is 0 Å². The molecule has 13 heteroatoms. The monoisotopic (exact) mass is 901 g/mol. The van der Waals surface area contributed by atoms with Gasteiger partial charge in [-0.2, -0.15) is 0 Å². The number of hydrogen-bond donors (Lipinski definition) is 7. The van der Waals surface area contributed by atoms with Crippen LogP contribution in [0.3, 0.4) is 0 Å². The first-order valence-corrected chi connectivity index (χ1v) is 23.1. The largest absolute Gasteiger partial charge is 0.508 e. The van der Waals surface area contributed by atoms with Gasteiger partial charge in [0, 0.05) is 78.5 Å². The number of phenolic OH excluding ortho intramolecular Hbond substituents is 3. The Balaban J connectivity index is 1.18. The average Bonchev–Trinajstić information content (AvgIpc) is 3.82. The van der Waals surface area contributed by atoms with E-state index in [4.69, 9.17) is 28.4 Å². The van der Waals surface area contributed by atoms with Gasteiger partial charge in [0.05, 0.1) is 37.8 Å². The highest BCUT2D eigenvalue weighted by molar-refractivity contribution is 5.96. The fourth-order valence-electron chi connectivity index (χ4n) is 10.5. The second kappa shape index (κ2) is 20.4. The Bertz CT molecular complexity index is 2560. The predicted molar refractivity (Wildman–Crippen MR) is 247 cm³/mol. The van der Waals surface area contributed by atoms with Crippen LogP contribution in [0.1, 0.15) is 85.8 Å². The van der Waals surface area contributed by atoms with Gasteiger partial charge in [0.1, 0.15) is 53.0 Å². The Labute approximate surface area is 384 Å². The van der Waals surface area contributed by atoms with Crippen molar-refractivity contribution in [3.63, 3.8) is 0 Å². The predicted octanol–water partition coefficient (Wildman–Crippen LogP) is 7.58. The molecule has 0 unspecified atom stereocenters. The minimum Gasteiger partial charge on any atom is -0.508 e. The molecule has 0 amide bonds. The molecule has 1 saturated carbocycles. The van der Waals surface area contributed by atoms with Crippen molar-refractivity contribution in [1.82, 2.24) is 5.32 Å². The van der Waals surface area contributed by atoms with Gasteiger partial charge < -0.3 is 59.1 Å². The van der Waals surface area contributed by atoms with Crippen LogP contribution in [0.5, 0.6) is 40.2 Å². The fourth-order valence-corrected chi connectivity index (χ4v) is 10.5. The molecule has 7 atom stereocenters. The normalized spacial score (nSPS) is 23.8. The lowest BCUT2D eigenvalue weighted by atomic mass is 9.72. The first kappa shape index (κ1) is 45.4. The number of fused-ring (bicyclic) bond motifs is 5. The molecule has 7 N–H and O–H groups in total. The van der Waals surface area contributed by atoms with E-state index < -0.39 is 42.3 Å². The van der Waals surface area contributed by atoms with Crippen LogP contribution in [0.2, 0.25) is 0 Å². The van der Waals surface area contributed by atoms with Crippen molar-refractivity contribution in [3.05, 3.63) is 101 Å². The van der Waals surface area contributed by atoms with E-state index in [1.54, 1.807) is 55.6 Å². The molecule has 4 aliphatic rings. The summed E-state index contributed by atoms with van der Waals surface area (Å²) in [6, 6.07) is 22.5. The topological polar surface area (TPSA) is 189 Å². The van der Waals surface area contributed by atoms with Gasteiger partial charge in [-0.25, -0.2) is 0 Å². The lowest BCUT2D eigenvalue weighted by Gasteiger charge is -2.47. The molecule has 1 aliphatic carbocycles. The summed E-state index contributed by atoms with van der Waals surface area (Å²) in [6.45, 7) is 0.0988. The number of benzene rings is 5. The van der Waals surface area contributed by atoms with Crippen molar-refractivity contribution in [3.8, 4) is 63.2 Å². The molecule has 0 spiro atoms. The summed E-state index contributed by atoms with van der Waals surface area (Å²) >= 11 is 0. The summed E-state index contributed by atoms with van der Waals surface area (Å²) in [5.74, 6) is 7.56. The van der Waals surface area contributed by atoms with Crippen molar-refractivity contribution >= 4 is 10.8 Å². The van der Waals surface area contributed by atoms with Crippen molar-refractivity contribution in [2.24, 2.45) is 11.8 Å². The maximum absolute atomic E-state index is 13.0. The lowest BCUT2D eigenvalue weighted by molar-refractivity contribution is -0.142. The molecule has 0 aromatic heterocycles. The molecule has 1 fully saturated rings. The molecule has 3 heterocycles. The Kier molecular flexibility index (Phi) is 14.1. The zero-order valence-corrected chi connectivity index (χ0v) is 37.2. The number of aliphatic hydroxyl groups excluding tert-OH is 3. The highest BCUT2D eigenvalue weighted by Crippen LogP contribution is 2.55. The highest BCUT2D eigenvalue weighted by atomic mass is 16.5. The Morgan fingerprint density at radius 2 is 1.61 bits per heavy atom. The number of phenols is 3. The van der Waals surface area contributed by atoms with Crippen molar-refractivity contribution in [1.29, 1.82) is 0 Å². The van der Waals surface area contributed by atoms with Gasteiger partial charge >= 0.3 is 0 Å². The zero-order chi connectivity index (χ0) is 45.7. The second-order valence-electron chi connectivity index (χ2n) is 17.8. The first-order valence-electron chi connectivity index (χ1n) is 23.1. The van der Waals surface area contributed by atoms with Gasteiger partial charge in [0.25, 0.3) is 0 Å². The summed E-state index contributed by atoms with van der Waals surface area (Å²) in [5.41, 5.74) is 4.42. The van der Waals surface area contributed by atoms with Crippen LogP contribution in [0.15, 0.2) is 78.9 Å². The molecule has 5 aromatic rings. The molecular formula is C53H59NO12. The molecule has 2 bridgehead atoms.